The highest BCUT2D eigenvalue weighted by Crippen LogP contribution is 2.19. The van der Waals surface area contributed by atoms with Gasteiger partial charge >= 0.3 is 5.97 Å². The third-order valence-electron chi connectivity index (χ3n) is 4.84. The second kappa shape index (κ2) is 11.0. The van der Waals surface area contributed by atoms with Gasteiger partial charge in [-0.3, -0.25) is 9.59 Å². The van der Waals surface area contributed by atoms with Crippen molar-refractivity contribution < 1.29 is 14.3 Å². The molecule has 7 nitrogen and oxygen atoms in total. The number of guanidine groups is 1. The van der Waals surface area contributed by atoms with Crippen LogP contribution in [0.3, 0.4) is 0 Å². The highest BCUT2D eigenvalue weighted by Gasteiger charge is 2.27. The maximum Gasteiger partial charge on any atom is 0.309 e. The lowest BCUT2D eigenvalue weighted by molar-refractivity contribution is -0.149. The molecule has 1 fully saturated rings. The highest BCUT2D eigenvalue weighted by molar-refractivity contribution is 5.94. The third-order valence-corrected chi connectivity index (χ3v) is 4.84. The van der Waals surface area contributed by atoms with Crippen molar-refractivity contribution in [1.29, 1.82) is 0 Å². The molecule has 0 saturated carbocycles. The molecular weight excluding hydrogens is 380 g/mol. The molecule has 0 unspecified atom stereocenters. The number of esters is 1. The van der Waals surface area contributed by atoms with Crippen molar-refractivity contribution in [3.8, 4) is 0 Å². The minimum absolute atomic E-state index is 0.0258. The number of nitrogens with zero attached hydrogens (tertiary/aromatic N) is 2. The summed E-state index contributed by atoms with van der Waals surface area (Å²) in [4.78, 5) is 31.4. The summed E-state index contributed by atoms with van der Waals surface area (Å²) >= 11 is 0. The Morgan fingerprint density at radius 2 is 1.90 bits per heavy atom. The Morgan fingerprint density at radius 1 is 1.20 bits per heavy atom. The molecule has 0 radical (unpaired) electrons. The van der Waals surface area contributed by atoms with Crippen molar-refractivity contribution in [1.82, 2.24) is 15.5 Å². The molecule has 1 aliphatic heterocycles. The Balaban J connectivity index is 2.02. The van der Waals surface area contributed by atoms with Gasteiger partial charge in [0, 0.05) is 30.7 Å². The van der Waals surface area contributed by atoms with Crippen molar-refractivity contribution in [2.24, 2.45) is 10.9 Å². The van der Waals surface area contributed by atoms with E-state index < -0.39 is 0 Å². The Morgan fingerprint density at radius 3 is 2.50 bits per heavy atom. The molecule has 0 aromatic heterocycles. The number of nitrogens with one attached hydrogen (secondary N) is 2. The number of benzene rings is 1. The molecule has 1 aromatic rings. The van der Waals surface area contributed by atoms with E-state index in [2.05, 4.69) is 15.5 Å². The number of hydrogen-bond donors (Lipinski definition) is 2. The lowest BCUT2D eigenvalue weighted by Crippen LogP contribution is -2.46. The van der Waals surface area contributed by atoms with Gasteiger partial charge in [0.15, 0.2) is 5.96 Å². The topological polar surface area (TPSA) is 83.0 Å². The quantitative estimate of drug-likeness (QED) is 0.423. The van der Waals surface area contributed by atoms with Gasteiger partial charge in [-0.25, -0.2) is 4.99 Å². The van der Waals surface area contributed by atoms with Crippen LogP contribution in [0.1, 0.15) is 63.4 Å². The van der Waals surface area contributed by atoms with Crippen LogP contribution in [0.4, 0.5) is 0 Å². The first kappa shape index (κ1) is 23.7. The Kier molecular flexibility index (Phi) is 8.69. The van der Waals surface area contributed by atoms with Crippen LogP contribution in [0.5, 0.6) is 0 Å². The number of piperidine rings is 1. The molecule has 1 amide bonds. The molecule has 0 bridgehead atoms. The first-order chi connectivity index (χ1) is 14.2. The molecule has 0 aliphatic carbocycles. The van der Waals surface area contributed by atoms with Gasteiger partial charge in [-0.1, -0.05) is 12.1 Å². The first-order valence-electron chi connectivity index (χ1n) is 10.8. The molecule has 30 heavy (non-hydrogen) atoms. The van der Waals surface area contributed by atoms with Crippen LogP contribution in [0.2, 0.25) is 0 Å². The minimum atomic E-state index is -0.279. The summed E-state index contributed by atoms with van der Waals surface area (Å²) in [6.45, 7) is 13.0. The zero-order valence-electron chi connectivity index (χ0n) is 19.0. The van der Waals surface area contributed by atoms with Gasteiger partial charge in [0.25, 0.3) is 5.91 Å². The number of amides is 1. The fraction of sp³-hybridized carbons (Fsp3) is 0.609. The van der Waals surface area contributed by atoms with Gasteiger partial charge in [-0.2, -0.15) is 0 Å². The zero-order chi connectivity index (χ0) is 22.1. The number of ether oxygens (including phenoxy) is 1. The maximum atomic E-state index is 12.4. The first-order valence-corrected chi connectivity index (χ1v) is 10.8. The van der Waals surface area contributed by atoms with Gasteiger partial charge in [0.05, 0.1) is 19.1 Å². The zero-order valence-corrected chi connectivity index (χ0v) is 19.0. The summed E-state index contributed by atoms with van der Waals surface area (Å²) in [6.07, 6.45) is 1.54. The molecule has 1 heterocycles. The van der Waals surface area contributed by atoms with Crippen molar-refractivity contribution in [3.05, 3.63) is 35.4 Å². The van der Waals surface area contributed by atoms with E-state index in [0.29, 0.717) is 18.7 Å². The smallest absolute Gasteiger partial charge is 0.309 e. The minimum Gasteiger partial charge on any atom is -0.466 e. The van der Waals surface area contributed by atoms with Crippen LogP contribution in [-0.2, 0) is 16.1 Å². The predicted molar refractivity (Wildman–Crippen MR) is 119 cm³/mol. The molecule has 2 N–H and O–H groups in total. The van der Waals surface area contributed by atoms with E-state index in [1.54, 1.807) is 0 Å². The van der Waals surface area contributed by atoms with Gasteiger partial charge in [-0.15, -0.1) is 0 Å². The van der Waals surface area contributed by atoms with E-state index in [4.69, 9.17) is 9.73 Å². The Bertz CT molecular complexity index is 747. The van der Waals surface area contributed by atoms with Crippen molar-refractivity contribution in [2.75, 3.05) is 26.2 Å². The summed E-state index contributed by atoms with van der Waals surface area (Å²) in [5.41, 5.74) is 1.34. The lowest BCUT2D eigenvalue weighted by Gasteiger charge is -2.33. The average molecular weight is 417 g/mol. The molecule has 1 aliphatic rings. The van der Waals surface area contributed by atoms with Gasteiger partial charge < -0.3 is 20.3 Å². The van der Waals surface area contributed by atoms with E-state index in [1.165, 1.54) is 0 Å². The summed E-state index contributed by atoms with van der Waals surface area (Å²) in [7, 11) is 0. The number of carbonyl (C=O) groups excluding carboxylic acids is 2. The van der Waals surface area contributed by atoms with Crippen LogP contribution < -0.4 is 10.6 Å². The lowest BCUT2D eigenvalue weighted by atomic mass is 9.97. The third kappa shape index (κ3) is 7.35. The monoisotopic (exact) mass is 416 g/mol. The van der Waals surface area contributed by atoms with E-state index in [9.17, 15) is 9.59 Å². The average Bonchev–Trinajstić information content (AvgIpc) is 2.70. The Hall–Kier alpha value is -2.57. The van der Waals surface area contributed by atoms with Crippen LogP contribution in [0, 0.1) is 5.92 Å². The Labute approximate surface area is 180 Å². The number of hydrogen-bond acceptors (Lipinski definition) is 4. The molecule has 2 rings (SSSR count). The highest BCUT2D eigenvalue weighted by atomic mass is 16.5. The largest absolute Gasteiger partial charge is 0.466 e. The van der Waals surface area contributed by atoms with Crippen LogP contribution in [0.25, 0.3) is 0 Å². The van der Waals surface area contributed by atoms with Crippen LogP contribution in [0.15, 0.2) is 29.3 Å². The summed E-state index contributed by atoms with van der Waals surface area (Å²) in [5, 5.41) is 6.33. The molecule has 7 heteroatoms. The van der Waals surface area contributed by atoms with Crippen LogP contribution >= 0.6 is 0 Å². The van der Waals surface area contributed by atoms with Crippen molar-refractivity contribution in [2.45, 2.75) is 59.5 Å². The molecule has 0 spiro atoms. The number of likely N-dealkylation sites (tertiary alicyclic amines) is 1. The second-order valence-electron chi connectivity index (χ2n) is 8.59. The number of carbonyl (C=O) groups is 2. The number of rotatable bonds is 6. The summed E-state index contributed by atoms with van der Waals surface area (Å²) in [6, 6.07) is 7.58. The van der Waals surface area contributed by atoms with E-state index in [1.807, 2.05) is 58.9 Å². The van der Waals surface area contributed by atoms with E-state index >= 15 is 0 Å². The van der Waals surface area contributed by atoms with Gasteiger partial charge in [0.1, 0.15) is 0 Å². The second-order valence-corrected chi connectivity index (χ2v) is 8.59. The molecule has 166 valence electrons. The molecule has 1 saturated heterocycles. The fourth-order valence-electron chi connectivity index (χ4n) is 3.40. The van der Waals surface area contributed by atoms with Gasteiger partial charge in [-0.05, 0) is 65.2 Å². The summed E-state index contributed by atoms with van der Waals surface area (Å²) in [5.74, 6) is 0.636. The molecular formula is C23H36N4O3. The normalized spacial score (nSPS) is 15.6. The SMILES string of the molecule is CCNC(=NCc1cccc(C(=O)NC(C)(C)C)c1)N1CCC(C(=O)OCC)CC1. The number of aliphatic imine (C=N–C) groups is 1. The van der Waals surface area contributed by atoms with E-state index in [0.717, 1.165) is 44.0 Å². The standard InChI is InChI=1S/C23H36N4O3/c1-6-24-22(27-13-11-18(12-14-27)21(29)30-7-2)25-16-17-9-8-10-19(15-17)20(28)26-23(3,4)5/h8-10,15,18H,6-7,11-14,16H2,1-5H3,(H,24,25)(H,26,28). The van der Waals surface area contributed by atoms with Crippen molar-refractivity contribution >= 4 is 17.8 Å². The summed E-state index contributed by atoms with van der Waals surface area (Å²) < 4.78 is 5.15. The predicted octanol–water partition coefficient (Wildman–Crippen LogP) is 2.96. The van der Waals surface area contributed by atoms with Crippen LogP contribution in [-0.4, -0.2) is 54.5 Å². The van der Waals surface area contributed by atoms with Crippen molar-refractivity contribution in [3.63, 3.8) is 0 Å². The molecule has 1 aromatic carbocycles. The maximum absolute atomic E-state index is 12.4. The fourth-order valence-corrected chi connectivity index (χ4v) is 3.40. The van der Waals surface area contributed by atoms with E-state index in [-0.39, 0.29) is 23.3 Å². The molecule has 0 atom stereocenters. The van der Waals surface area contributed by atoms with Gasteiger partial charge in [0.2, 0.25) is 0 Å².